The second-order valence-corrected chi connectivity index (χ2v) is 11.0. The number of nitrogens with one attached hydrogen (secondary N) is 3. The standard InChI is InChI=1S/C20H32ClFN6O2S2/c1-13(2)8-15(14(3)23)11-24-6-4-5-7-25-18-10-17(22)19(9-16(18)21)32(29,30)28-20-26-12-27-31-20/h9-10,12-15,24-25H,4-8,11,23H2,1-3H3,(H,26,27,28). The van der Waals surface area contributed by atoms with E-state index in [0.717, 1.165) is 56.0 Å². The topological polar surface area (TPSA) is 122 Å². The molecule has 2 aromatic rings. The molecule has 1 heterocycles. The summed E-state index contributed by atoms with van der Waals surface area (Å²) in [5.74, 6) is 0.164. The number of unbranched alkanes of at least 4 members (excludes halogenated alkanes) is 1. The zero-order chi connectivity index (χ0) is 23.7. The molecule has 5 N–H and O–H groups in total. The van der Waals surface area contributed by atoms with E-state index >= 15 is 0 Å². The fourth-order valence-electron chi connectivity index (χ4n) is 3.23. The van der Waals surface area contributed by atoms with Gasteiger partial charge in [-0.1, -0.05) is 25.4 Å². The Morgan fingerprint density at radius 2 is 1.94 bits per heavy atom. The predicted molar refractivity (Wildman–Crippen MR) is 129 cm³/mol. The number of aromatic nitrogens is 2. The van der Waals surface area contributed by atoms with Crippen molar-refractivity contribution in [2.24, 2.45) is 17.6 Å². The molecule has 0 saturated carbocycles. The Labute approximate surface area is 198 Å². The second kappa shape index (κ2) is 12.6. The van der Waals surface area contributed by atoms with Gasteiger partial charge in [-0.15, -0.1) is 0 Å². The number of nitrogens with zero attached hydrogens (tertiary/aromatic N) is 2. The van der Waals surface area contributed by atoms with Gasteiger partial charge in [0.05, 0.1) is 10.7 Å². The molecule has 2 rings (SSSR count). The first kappa shape index (κ1) is 26.7. The van der Waals surface area contributed by atoms with Gasteiger partial charge in [-0.2, -0.15) is 4.37 Å². The molecule has 0 aliphatic rings. The number of hydrogen-bond acceptors (Lipinski definition) is 8. The van der Waals surface area contributed by atoms with Crippen LogP contribution in [0.15, 0.2) is 23.4 Å². The highest BCUT2D eigenvalue weighted by Gasteiger charge is 2.22. The van der Waals surface area contributed by atoms with Crippen molar-refractivity contribution in [2.75, 3.05) is 29.7 Å². The molecule has 8 nitrogen and oxygen atoms in total. The molecule has 180 valence electrons. The maximum Gasteiger partial charge on any atom is 0.266 e. The van der Waals surface area contributed by atoms with E-state index in [2.05, 4.69) is 38.6 Å². The van der Waals surface area contributed by atoms with Crippen LogP contribution < -0.4 is 21.1 Å². The van der Waals surface area contributed by atoms with E-state index in [9.17, 15) is 12.8 Å². The van der Waals surface area contributed by atoms with Gasteiger partial charge in [0.25, 0.3) is 10.0 Å². The summed E-state index contributed by atoms with van der Waals surface area (Å²) in [4.78, 5) is 3.19. The lowest BCUT2D eigenvalue weighted by Crippen LogP contribution is -2.36. The number of rotatable bonds is 14. The summed E-state index contributed by atoms with van der Waals surface area (Å²) >= 11 is 7.04. The first-order chi connectivity index (χ1) is 15.1. The van der Waals surface area contributed by atoms with E-state index in [1.807, 2.05) is 6.92 Å². The zero-order valence-corrected chi connectivity index (χ0v) is 21.0. The highest BCUT2D eigenvalue weighted by molar-refractivity contribution is 7.93. The average Bonchev–Trinajstić information content (AvgIpc) is 3.20. The van der Waals surface area contributed by atoms with Crippen molar-refractivity contribution in [1.82, 2.24) is 14.7 Å². The fraction of sp³-hybridized carbons (Fsp3) is 0.600. The van der Waals surface area contributed by atoms with Gasteiger partial charge in [0, 0.05) is 24.1 Å². The third kappa shape index (κ3) is 8.43. The number of anilines is 2. The summed E-state index contributed by atoms with van der Waals surface area (Å²) in [5, 5.41) is 6.69. The Morgan fingerprint density at radius 3 is 2.56 bits per heavy atom. The van der Waals surface area contributed by atoms with E-state index in [1.165, 1.54) is 6.33 Å². The maximum absolute atomic E-state index is 14.5. The molecule has 32 heavy (non-hydrogen) atoms. The Hall–Kier alpha value is -1.53. The third-order valence-corrected chi connectivity index (χ3v) is 7.29. The van der Waals surface area contributed by atoms with Crippen molar-refractivity contribution in [3.63, 3.8) is 0 Å². The summed E-state index contributed by atoms with van der Waals surface area (Å²) < 4.78 is 45.2. The molecule has 0 aliphatic carbocycles. The number of hydrogen-bond donors (Lipinski definition) is 4. The third-order valence-electron chi connectivity index (χ3n) is 4.91. The monoisotopic (exact) mass is 506 g/mol. The van der Waals surface area contributed by atoms with Gasteiger partial charge in [-0.25, -0.2) is 17.8 Å². The molecule has 0 bridgehead atoms. The summed E-state index contributed by atoms with van der Waals surface area (Å²) in [6.45, 7) is 8.78. The van der Waals surface area contributed by atoms with Crippen LogP contribution in [0.1, 0.15) is 40.0 Å². The van der Waals surface area contributed by atoms with Crippen LogP contribution in [0, 0.1) is 17.7 Å². The Balaban J connectivity index is 1.80. The Kier molecular flexibility index (Phi) is 10.6. The lowest BCUT2D eigenvalue weighted by Gasteiger charge is -2.23. The molecule has 0 amide bonds. The molecule has 0 aliphatic heterocycles. The number of nitrogens with two attached hydrogens (primary N) is 1. The van der Waals surface area contributed by atoms with E-state index in [4.69, 9.17) is 17.3 Å². The molecule has 1 aromatic heterocycles. The molecule has 2 atom stereocenters. The van der Waals surface area contributed by atoms with E-state index in [1.54, 1.807) is 0 Å². The first-order valence-electron chi connectivity index (χ1n) is 10.6. The van der Waals surface area contributed by atoms with Crippen LogP contribution in [0.5, 0.6) is 0 Å². The van der Waals surface area contributed by atoms with Crippen LogP contribution in [0.25, 0.3) is 0 Å². The van der Waals surface area contributed by atoms with Crippen LogP contribution >= 0.6 is 23.1 Å². The van der Waals surface area contributed by atoms with Crippen molar-refractivity contribution >= 4 is 44.0 Å². The van der Waals surface area contributed by atoms with Gasteiger partial charge in [-0.3, -0.25) is 4.72 Å². The van der Waals surface area contributed by atoms with Gasteiger partial charge < -0.3 is 16.4 Å². The normalized spacial score (nSPS) is 13.8. The molecule has 12 heteroatoms. The highest BCUT2D eigenvalue weighted by atomic mass is 35.5. The lowest BCUT2D eigenvalue weighted by molar-refractivity contribution is 0.342. The van der Waals surface area contributed by atoms with E-state index in [0.29, 0.717) is 24.1 Å². The summed E-state index contributed by atoms with van der Waals surface area (Å²) in [6, 6.07) is 2.34. The van der Waals surface area contributed by atoms with Gasteiger partial charge >= 0.3 is 0 Å². The van der Waals surface area contributed by atoms with Crippen LogP contribution in [-0.2, 0) is 10.0 Å². The van der Waals surface area contributed by atoms with Crippen molar-refractivity contribution < 1.29 is 12.8 Å². The van der Waals surface area contributed by atoms with E-state index < -0.39 is 20.7 Å². The molecule has 2 unspecified atom stereocenters. The quantitative estimate of drug-likeness (QED) is 0.286. The van der Waals surface area contributed by atoms with Gasteiger partial charge in [0.2, 0.25) is 5.13 Å². The summed E-state index contributed by atoms with van der Waals surface area (Å²) in [5.41, 5.74) is 6.42. The van der Waals surface area contributed by atoms with Gasteiger partial charge in [0.15, 0.2) is 0 Å². The molecular weight excluding hydrogens is 475 g/mol. The zero-order valence-electron chi connectivity index (χ0n) is 18.6. The van der Waals surface area contributed by atoms with Crippen LogP contribution in [-0.4, -0.2) is 43.5 Å². The van der Waals surface area contributed by atoms with E-state index in [-0.39, 0.29) is 16.2 Å². The minimum absolute atomic E-state index is 0.0489. The molecular formula is C20H32ClFN6O2S2. The molecule has 0 spiro atoms. The highest BCUT2D eigenvalue weighted by Crippen LogP contribution is 2.29. The summed E-state index contributed by atoms with van der Waals surface area (Å²) in [6.07, 6.45) is 4.07. The van der Waals surface area contributed by atoms with Gasteiger partial charge in [-0.05, 0) is 63.2 Å². The van der Waals surface area contributed by atoms with Crippen LogP contribution in [0.4, 0.5) is 15.2 Å². The SMILES string of the molecule is CC(C)CC(CNCCCCNc1cc(F)c(S(=O)(=O)Nc2ncns2)cc1Cl)C(C)N. The smallest absolute Gasteiger partial charge is 0.266 e. The molecule has 1 aromatic carbocycles. The van der Waals surface area contributed by atoms with Crippen molar-refractivity contribution in [2.45, 2.75) is 51.0 Å². The molecule has 0 radical (unpaired) electrons. The molecule has 0 fully saturated rings. The van der Waals surface area contributed by atoms with Crippen LogP contribution in [0.3, 0.4) is 0 Å². The van der Waals surface area contributed by atoms with Crippen molar-refractivity contribution in [3.8, 4) is 0 Å². The number of sulfonamides is 1. The predicted octanol–water partition coefficient (Wildman–Crippen LogP) is 3.92. The minimum atomic E-state index is -4.16. The Bertz CT molecular complexity index is 942. The average molecular weight is 507 g/mol. The maximum atomic E-state index is 14.5. The summed E-state index contributed by atoms with van der Waals surface area (Å²) in [7, 11) is -4.16. The largest absolute Gasteiger partial charge is 0.384 e. The number of halogens is 2. The van der Waals surface area contributed by atoms with Gasteiger partial charge in [0.1, 0.15) is 17.0 Å². The fourth-order valence-corrected chi connectivity index (χ4v) is 5.28. The van der Waals surface area contributed by atoms with Crippen LogP contribution in [0.2, 0.25) is 5.02 Å². The van der Waals surface area contributed by atoms with Crippen molar-refractivity contribution in [1.29, 1.82) is 0 Å². The lowest BCUT2D eigenvalue weighted by atomic mass is 9.91. The Morgan fingerprint density at radius 1 is 1.22 bits per heavy atom. The molecule has 0 saturated heterocycles. The van der Waals surface area contributed by atoms with Crippen molar-refractivity contribution in [3.05, 3.63) is 29.3 Å². The number of benzene rings is 1. The second-order valence-electron chi connectivity index (χ2n) is 8.20. The minimum Gasteiger partial charge on any atom is -0.384 e. The first-order valence-corrected chi connectivity index (χ1v) is 13.2.